The average Bonchev–Trinajstić information content (AvgIpc) is 3.31. The molecular formula is C17H20FN3. The molecule has 1 N–H and O–H groups in total. The Labute approximate surface area is 124 Å². The SMILES string of the molecule is CCCNc1nc(C2CC2)nc(-c2cccc(F)c2)c1C. The van der Waals surface area contributed by atoms with Crippen LogP contribution in [-0.2, 0) is 0 Å². The molecule has 0 saturated heterocycles. The van der Waals surface area contributed by atoms with Gasteiger partial charge in [0.1, 0.15) is 17.5 Å². The normalized spacial score (nSPS) is 14.2. The Morgan fingerprint density at radius 3 is 2.76 bits per heavy atom. The van der Waals surface area contributed by atoms with Crippen molar-refractivity contribution in [2.45, 2.75) is 39.0 Å². The van der Waals surface area contributed by atoms with Crippen molar-refractivity contribution in [3.63, 3.8) is 0 Å². The Morgan fingerprint density at radius 2 is 2.10 bits per heavy atom. The van der Waals surface area contributed by atoms with E-state index in [0.717, 1.165) is 54.3 Å². The topological polar surface area (TPSA) is 37.8 Å². The summed E-state index contributed by atoms with van der Waals surface area (Å²) >= 11 is 0. The van der Waals surface area contributed by atoms with Crippen LogP contribution >= 0.6 is 0 Å². The maximum absolute atomic E-state index is 13.5. The molecule has 0 aliphatic heterocycles. The summed E-state index contributed by atoms with van der Waals surface area (Å²) in [5, 5.41) is 3.37. The first-order chi connectivity index (χ1) is 10.2. The molecule has 1 heterocycles. The predicted octanol–water partition coefficient (Wildman–Crippen LogP) is 4.29. The zero-order valence-corrected chi connectivity index (χ0v) is 12.5. The quantitative estimate of drug-likeness (QED) is 0.890. The Balaban J connectivity index is 2.07. The number of benzene rings is 1. The molecule has 1 fully saturated rings. The molecule has 1 aliphatic rings. The van der Waals surface area contributed by atoms with Gasteiger partial charge in [-0.1, -0.05) is 19.1 Å². The summed E-state index contributed by atoms with van der Waals surface area (Å²) in [6.07, 6.45) is 3.34. The fourth-order valence-corrected chi connectivity index (χ4v) is 2.39. The lowest BCUT2D eigenvalue weighted by Gasteiger charge is -2.14. The molecule has 0 bridgehead atoms. The maximum Gasteiger partial charge on any atom is 0.134 e. The standard InChI is InChI=1S/C17H20FN3/c1-3-9-19-16-11(2)15(13-5-4-6-14(18)10-13)20-17(21-16)12-7-8-12/h4-6,10,12H,3,7-9H2,1-2H3,(H,19,20,21). The number of hydrogen-bond donors (Lipinski definition) is 1. The number of halogens is 1. The van der Waals surface area contributed by atoms with Gasteiger partial charge in [0.05, 0.1) is 5.69 Å². The molecule has 2 aromatic rings. The van der Waals surface area contributed by atoms with Gasteiger partial charge in [0.25, 0.3) is 0 Å². The maximum atomic E-state index is 13.5. The molecule has 1 aromatic heterocycles. The van der Waals surface area contributed by atoms with Crippen LogP contribution in [0.5, 0.6) is 0 Å². The average molecular weight is 285 g/mol. The highest BCUT2D eigenvalue weighted by molar-refractivity contribution is 5.68. The molecule has 0 atom stereocenters. The van der Waals surface area contributed by atoms with Crippen molar-refractivity contribution in [1.29, 1.82) is 0 Å². The molecule has 3 nitrogen and oxygen atoms in total. The zero-order chi connectivity index (χ0) is 14.8. The van der Waals surface area contributed by atoms with E-state index in [1.165, 1.54) is 12.1 Å². The molecule has 1 aliphatic carbocycles. The smallest absolute Gasteiger partial charge is 0.134 e. The van der Waals surface area contributed by atoms with Crippen molar-refractivity contribution >= 4 is 5.82 Å². The summed E-state index contributed by atoms with van der Waals surface area (Å²) in [7, 11) is 0. The minimum atomic E-state index is -0.235. The van der Waals surface area contributed by atoms with Crippen molar-refractivity contribution in [2.75, 3.05) is 11.9 Å². The third-order valence-corrected chi connectivity index (χ3v) is 3.75. The summed E-state index contributed by atoms with van der Waals surface area (Å²) < 4.78 is 13.5. The number of aromatic nitrogens is 2. The van der Waals surface area contributed by atoms with E-state index in [1.807, 2.05) is 13.0 Å². The van der Waals surface area contributed by atoms with Crippen LogP contribution in [0.2, 0.25) is 0 Å². The van der Waals surface area contributed by atoms with Crippen LogP contribution in [0, 0.1) is 12.7 Å². The summed E-state index contributed by atoms with van der Waals surface area (Å²) in [5.74, 6) is 2.01. The van der Waals surface area contributed by atoms with Gasteiger partial charge in [-0.2, -0.15) is 0 Å². The van der Waals surface area contributed by atoms with Gasteiger partial charge in [0, 0.05) is 23.6 Å². The molecule has 0 amide bonds. The fraction of sp³-hybridized carbons (Fsp3) is 0.412. The van der Waals surface area contributed by atoms with E-state index < -0.39 is 0 Å². The molecule has 3 rings (SSSR count). The van der Waals surface area contributed by atoms with Crippen LogP contribution in [-0.4, -0.2) is 16.5 Å². The number of rotatable bonds is 5. The van der Waals surface area contributed by atoms with E-state index in [9.17, 15) is 4.39 Å². The van der Waals surface area contributed by atoms with E-state index in [1.54, 1.807) is 6.07 Å². The van der Waals surface area contributed by atoms with E-state index in [0.29, 0.717) is 5.92 Å². The number of nitrogens with zero attached hydrogens (tertiary/aromatic N) is 2. The highest BCUT2D eigenvalue weighted by Gasteiger charge is 2.28. The molecular weight excluding hydrogens is 265 g/mol. The van der Waals surface area contributed by atoms with Crippen LogP contribution in [0.15, 0.2) is 24.3 Å². The van der Waals surface area contributed by atoms with Gasteiger partial charge >= 0.3 is 0 Å². The largest absolute Gasteiger partial charge is 0.370 e. The van der Waals surface area contributed by atoms with Crippen molar-refractivity contribution < 1.29 is 4.39 Å². The molecule has 1 saturated carbocycles. The van der Waals surface area contributed by atoms with Gasteiger partial charge in [-0.05, 0) is 38.3 Å². The molecule has 0 spiro atoms. The van der Waals surface area contributed by atoms with Crippen LogP contribution in [0.1, 0.15) is 43.5 Å². The highest BCUT2D eigenvalue weighted by atomic mass is 19.1. The van der Waals surface area contributed by atoms with E-state index >= 15 is 0 Å². The van der Waals surface area contributed by atoms with Gasteiger partial charge in [-0.15, -0.1) is 0 Å². The minimum Gasteiger partial charge on any atom is -0.370 e. The molecule has 1 aromatic carbocycles. The number of anilines is 1. The first kappa shape index (κ1) is 14.0. The van der Waals surface area contributed by atoms with Crippen LogP contribution in [0.3, 0.4) is 0 Å². The monoisotopic (exact) mass is 285 g/mol. The first-order valence-electron chi connectivity index (χ1n) is 7.57. The van der Waals surface area contributed by atoms with Crippen molar-refractivity contribution in [3.8, 4) is 11.3 Å². The summed E-state index contributed by atoms with van der Waals surface area (Å²) in [6, 6.07) is 6.62. The molecule has 0 unspecified atom stereocenters. The van der Waals surface area contributed by atoms with Crippen LogP contribution in [0.25, 0.3) is 11.3 Å². The number of hydrogen-bond acceptors (Lipinski definition) is 3. The third kappa shape index (κ3) is 3.04. The Kier molecular flexibility index (Phi) is 3.86. The summed E-state index contributed by atoms with van der Waals surface area (Å²) in [5.41, 5.74) is 2.64. The van der Waals surface area contributed by atoms with Crippen molar-refractivity contribution in [2.24, 2.45) is 0 Å². The third-order valence-electron chi connectivity index (χ3n) is 3.75. The first-order valence-corrected chi connectivity index (χ1v) is 7.57. The van der Waals surface area contributed by atoms with Crippen LogP contribution < -0.4 is 5.32 Å². The molecule has 21 heavy (non-hydrogen) atoms. The van der Waals surface area contributed by atoms with E-state index in [-0.39, 0.29) is 5.82 Å². The lowest BCUT2D eigenvalue weighted by Crippen LogP contribution is -2.08. The number of nitrogens with one attached hydrogen (secondary N) is 1. The highest BCUT2D eigenvalue weighted by Crippen LogP contribution is 2.40. The van der Waals surface area contributed by atoms with Gasteiger partial charge < -0.3 is 5.32 Å². The second kappa shape index (κ2) is 5.80. The molecule has 110 valence electrons. The van der Waals surface area contributed by atoms with Crippen LogP contribution in [0.4, 0.5) is 10.2 Å². The Morgan fingerprint density at radius 1 is 1.29 bits per heavy atom. The second-order valence-corrected chi connectivity index (χ2v) is 5.62. The van der Waals surface area contributed by atoms with E-state index in [4.69, 9.17) is 4.98 Å². The minimum absolute atomic E-state index is 0.235. The fourth-order valence-electron chi connectivity index (χ4n) is 2.39. The lowest BCUT2D eigenvalue weighted by molar-refractivity contribution is 0.628. The zero-order valence-electron chi connectivity index (χ0n) is 12.5. The molecule has 4 heteroatoms. The predicted molar refractivity (Wildman–Crippen MR) is 82.9 cm³/mol. The Hall–Kier alpha value is -1.97. The summed E-state index contributed by atoms with van der Waals surface area (Å²) in [4.78, 5) is 9.36. The van der Waals surface area contributed by atoms with E-state index in [2.05, 4.69) is 17.2 Å². The Bertz CT molecular complexity index is 650. The van der Waals surface area contributed by atoms with Gasteiger partial charge in [0.2, 0.25) is 0 Å². The second-order valence-electron chi connectivity index (χ2n) is 5.62. The molecule has 0 radical (unpaired) electrons. The van der Waals surface area contributed by atoms with Gasteiger partial charge in [-0.3, -0.25) is 0 Å². The van der Waals surface area contributed by atoms with Gasteiger partial charge in [-0.25, -0.2) is 14.4 Å². The lowest BCUT2D eigenvalue weighted by atomic mass is 10.1. The van der Waals surface area contributed by atoms with Gasteiger partial charge in [0.15, 0.2) is 0 Å². The summed E-state index contributed by atoms with van der Waals surface area (Å²) in [6.45, 7) is 5.00. The van der Waals surface area contributed by atoms with Crippen molar-refractivity contribution in [3.05, 3.63) is 41.5 Å². The van der Waals surface area contributed by atoms with Crippen molar-refractivity contribution in [1.82, 2.24) is 9.97 Å².